The van der Waals surface area contributed by atoms with E-state index in [0.29, 0.717) is 0 Å². The van der Waals surface area contributed by atoms with Crippen molar-refractivity contribution in [1.29, 1.82) is 0 Å². The average molecular weight is 333 g/mol. The highest BCUT2D eigenvalue weighted by Crippen LogP contribution is 2.33. The van der Waals surface area contributed by atoms with Gasteiger partial charge in [-0.2, -0.15) is 0 Å². The van der Waals surface area contributed by atoms with E-state index in [9.17, 15) is 4.79 Å². The maximum Gasteiger partial charge on any atom is 0.228 e. The number of fused-ring (bicyclic) bond motifs is 1. The molecule has 0 atom stereocenters. The van der Waals surface area contributed by atoms with E-state index in [1.54, 1.807) is 0 Å². The lowest BCUT2D eigenvalue weighted by Gasteiger charge is -2.24. The second-order valence-corrected chi connectivity index (χ2v) is 7.23. The van der Waals surface area contributed by atoms with E-state index in [0.717, 1.165) is 47.5 Å². The van der Waals surface area contributed by atoms with Crippen LogP contribution in [0.2, 0.25) is 0 Å². The second kappa shape index (κ2) is 6.03. The number of imidazole rings is 1. The first kappa shape index (κ1) is 15.9. The first-order valence-electron chi connectivity index (χ1n) is 8.89. The Morgan fingerprint density at radius 1 is 1.08 bits per heavy atom. The fraction of sp³-hybridized carbons (Fsp3) is 0.333. The molecule has 1 N–H and O–H groups in total. The van der Waals surface area contributed by atoms with Crippen LogP contribution < -0.4 is 5.32 Å². The van der Waals surface area contributed by atoms with Crippen molar-refractivity contribution in [2.45, 2.75) is 40.0 Å². The minimum atomic E-state index is 0.110. The Labute approximate surface area is 147 Å². The van der Waals surface area contributed by atoms with Crippen molar-refractivity contribution < 1.29 is 4.79 Å². The molecule has 0 radical (unpaired) electrons. The molecule has 3 aromatic rings. The van der Waals surface area contributed by atoms with Crippen LogP contribution in [0.15, 0.2) is 36.5 Å². The van der Waals surface area contributed by atoms with Crippen LogP contribution in [0.25, 0.3) is 16.9 Å². The Morgan fingerprint density at radius 2 is 1.80 bits per heavy atom. The van der Waals surface area contributed by atoms with Crippen molar-refractivity contribution in [3.63, 3.8) is 0 Å². The summed E-state index contributed by atoms with van der Waals surface area (Å²) >= 11 is 0. The minimum absolute atomic E-state index is 0.110. The zero-order valence-corrected chi connectivity index (χ0v) is 15.0. The third-order valence-corrected chi connectivity index (χ3v) is 4.99. The molecule has 4 nitrogen and oxygen atoms in total. The van der Waals surface area contributed by atoms with Crippen LogP contribution in [-0.2, 0) is 4.79 Å². The number of hydrogen-bond acceptors (Lipinski definition) is 2. The molecule has 1 aliphatic rings. The smallest absolute Gasteiger partial charge is 0.228 e. The Morgan fingerprint density at radius 3 is 2.44 bits per heavy atom. The number of aryl methyl sites for hydroxylation is 3. The van der Waals surface area contributed by atoms with Gasteiger partial charge in [0, 0.05) is 17.7 Å². The van der Waals surface area contributed by atoms with Gasteiger partial charge in [0.25, 0.3) is 0 Å². The van der Waals surface area contributed by atoms with E-state index in [1.165, 1.54) is 11.1 Å². The van der Waals surface area contributed by atoms with Crippen LogP contribution in [0.1, 0.15) is 36.0 Å². The van der Waals surface area contributed by atoms with E-state index in [1.807, 2.05) is 22.7 Å². The Balaban J connectivity index is 1.86. The summed E-state index contributed by atoms with van der Waals surface area (Å²) in [5, 5.41) is 3.15. The first-order valence-corrected chi connectivity index (χ1v) is 8.89. The van der Waals surface area contributed by atoms with E-state index in [-0.39, 0.29) is 11.8 Å². The number of rotatable bonds is 3. The van der Waals surface area contributed by atoms with Gasteiger partial charge in [-0.15, -0.1) is 0 Å². The van der Waals surface area contributed by atoms with Crippen molar-refractivity contribution in [1.82, 2.24) is 9.38 Å². The molecular formula is C21H23N3O. The molecule has 1 amide bonds. The zero-order valence-electron chi connectivity index (χ0n) is 15.0. The Kier molecular flexibility index (Phi) is 3.83. The van der Waals surface area contributed by atoms with Crippen molar-refractivity contribution in [3.8, 4) is 11.3 Å². The standard InChI is InChI=1S/C21H23N3O/c1-13-7-8-24-18(12-13)22-19(17-10-14(2)9-15(3)11-17)20(24)23-21(25)16-5-4-6-16/h7-12,16H,4-6H2,1-3H3,(H,23,25). The summed E-state index contributed by atoms with van der Waals surface area (Å²) in [6.07, 6.45) is 5.11. The molecule has 25 heavy (non-hydrogen) atoms. The molecule has 2 aromatic heterocycles. The van der Waals surface area contributed by atoms with E-state index in [4.69, 9.17) is 4.98 Å². The van der Waals surface area contributed by atoms with Crippen LogP contribution in [-0.4, -0.2) is 15.3 Å². The van der Waals surface area contributed by atoms with E-state index >= 15 is 0 Å². The molecular weight excluding hydrogens is 310 g/mol. The molecule has 2 heterocycles. The zero-order chi connectivity index (χ0) is 17.6. The number of nitrogens with zero attached hydrogens (tertiary/aromatic N) is 2. The topological polar surface area (TPSA) is 46.4 Å². The summed E-state index contributed by atoms with van der Waals surface area (Å²) in [5.74, 6) is 1.03. The molecule has 0 unspecified atom stereocenters. The molecule has 128 valence electrons. The summed E-state index contributed by atoms with van der Waals surface area (Å²) in [5.41, 5.74) is 6.28. The molecule has 0 spiro atoms. The minimum Gasteiger partial charge on any atom is -0.310 e. The van der Waals surface area contributed by atoms with Gasteiger partial charge in [0.15, 0.2) is 0 Å². The van der Waals surface area contributed by atoms with Crippen molar-refractivity contribution >= 4 is 17.4 Å². The molecule has 1 aliphatic carbocycles. The number of hydrogen-bond donors (Lipinski definition) is 1. The van der Waals surface area contributed by atoms with Crippen LogP contribution in [0, 0.1) is 26.7 Å². The van der Waals surface area contributed by atoms with Crippen LogP contribution >= 0.6 is 0 Å². The van der Waals surface area contributed by atoms with Gasteiger partial charge in [-0.05, 0) is 63.4 Å². The van der Waals surface area contributed by atoms with Crippen LogP contribution in [0.5, 0.6) is 0 Å². The van der Waals surface area contributed by atoms with Crippen LogP contribution in [0.4, 0.5) is 5.82 Å². The third-order valence-electron chi connectivity index (χ3n) is 4.99. The van der Waals surface area contributed by atoms with Crippen molar-refractivity contribution in [2.24, 2.45) is 5.92 Å². The Bertz CT molecular complexity index is 946. The van der Waals surface area contributed by atoms with E-state index < -0.39 is 0 Å². The van der Waals surface area contributed by atoms with E-state index in [2.05, 4.69) is 44.3 Å². The fourth-order valence-corrected chi connectivity index (χ4v) is 3.47. The molecule has 0 aliphatic heterocycles. The van der Waals surface area contributed by atoms with Crippen molar-refractivity contribution in [2.75, 3.05) is 5.32 Å². The number of anilines is 1. The second-order valence-electron chi connectivity index (χ2n) is 7.23. The first-order chi connectivity index (χ1) is 12.0. The predicted molar refractivity (Wildman–Crippen MR) is 101 cm³/mol. The molecule has 4 heteroatoms. The van der Waals surface area contributed by atoms with Gasteiger partial charge in [0.2, 0.25) is 5.91 Å². The number of aromatic nitrogens is 2. The summed E-state index contributed by atoms with van der Waals surface area (Å²) in [7, 11) is 0. The number of carbonyl (C=O) groups excluding carboxylic acids is 1. The average Bonchev–Trinajstić information content (AvgIpc) is 2.82. The van der Waals surface area contributed by atoms with Gasteiger partial charge in [-0.3, -0.25) is 9.20 Å². The van der Waals surface area contributed by atoms with Gasteiger partial charge in [-0.1, -0.05) is 23.6 Å². The summed E-state index contributed by atoms with van der Waals surface area (Å²) in [6, 6.07) is 10.5. The predicted octanol–water partition coefficient (Wildman–Crippen LogP) is 4.67. The molecule has 4 rings (SSSR count). The monoisotopic (exact) mass is 333 g/mol. The molecule has 1 fully saturated rings. The molecule has 0 bridgehead atoms. The lowest BCUT2D eigenvalue weighted by Crippen LogP contribution is -2.28. The lowest BCUT2D eigenvalue weighted by atomic mass is 9.85. The van der Waals surface area contributed by atoms with Gasteiger partial charge in [0.1, 0.15) is 17.2 Å². The summed E-state index contributed by atoms with van der Waals surface area (Å²) < 4.78 is 1.98. The van der Waals surface area contributed by atoms with Gasteiger partial charge in [0.05, 0.1) is 0 Å². The Hall–Kier alpha value is -2.62. The normalized spacial score (nSPS) is 14.5. The molecule has 0 saturated heterocycles. The number of benzene rings is 1. The third kappa shape index (κ3) is 2.93. The highest BCUT2D eigenvalue weighted by Gasteiger charge is 2.27. The van der Waals surface area contributed by atoms with Gasteiger partial charge in [-0.25, -0.2) is 4.98 Å². The summed E-state index contributed by atoms with van der Waals surface area (Å²) in [6.45, 7) is 6.23. The molecule has 1 aromatic carbocycles. The fourth-order valence-electron chi connectivity index (χ4n) is 3.47. The molecule has 1 saturated carbocycles. The lowest BCUT2D eigenvalue weighted by molar-refractivity contribution is -0.122. The number of pyridine rings is 1. The highest BCUT2D eigenvalue weighted by atomic mass is 16.2. The highest BCUT2D eigenvalue weighted by molar-refractivity contribution is 5.96. The SMILES string of the molecule is Cc1cc(C)cc(-c2nc3cc(C)ccn3c2NC(=O)C2CCC2)c1. The quantitative estimate of drug-likeness (QED) is 0.757. The number of carbonyl (C=O) groups is 1. The van der Waals surface area contributed by atoms with Gasteiger partial charge < -0.3 is 5.32 Å². The summed E-state index contributed by atoms with van der Waals surface area (Å²) in [4.78, 5) is 17.4. The maximum absolute atomic E-state index is 12.6. The number of nitrogens with one attached hydrogen (secondary N) is 1. The maximum atomic E-state index is 12.6. The van der Waals surface area contributed by atoms with Gasteiger partial charge >= 0.3 is 0 Å². The van der Waals surface area contributed by atoms with Crippen molar-refractivity contribution in [3.05, 3.63) is 53.2 Å². The largest absolute Gasteiger partial charge is 0.310 e. The van der Waals surface area contributed by atoms with Crippen LogP contribution in [0.3, 0.4) is 0 Å². The number of amides is 1.